The van der Waals surface area contributed by atoms with E-state index in [4.69, 9.17) is 0 Å². The summed E-state index contributed by atoms with van der Waals surface area (Å²) in [5, 5.41) is 9.33. The number of phenolic OH excluding ortho intramolecular Hbond substituents is 1. The molecule has 0 spiro atoms. The van der Waals surface area contributed by atoms with Gasteiger partial charge < -0.3 is 5.11 Å². The van der Waals surface area contributed by atoms with Crippen molar-refractivity contribution in [2.75, 3.05) is 0 Å². The molecule has 0 heterocycles. The molecule has 23 heavy (non-hydrogen) atoms. The van der Waals surface area contributed by atoms with Gasteiger partial charge in [-0.3, -0.25) is 0 Å². The fraction of sp³-hybridized carbons (Fsp3) is 0.143. The maximum atomic E-state index is 14.5. The molecule has 0 aromatic heterocycles. The van der Waals surface area contributed by atoms with E-state index in [1.54, 1.807) is 36.4 Å². The molecule has 0 fully saturated rings. The lowest BCUT2D eigenvalue weighted by molar-refractivity contribution is 0.475. The zero-order valence-corrected chi connectivity index (χ0v) is 13.1. The van der Waals surface area contributed by atoms with Crippen LogP contribution in [0.1, 0.15) is 18.9 Å². The summed E-state index contributed by atoms with van der Waals surface area (Å²) < 4.78 is 14.5. The first-order chi connectivity index (χ1) is 11.2. The summed E-state index contributed by atoms with van der Waals surface area (Å²) in [5.41, 5.74) is 4.48. The Balaban J connectivity index is 1.91. The van der Waals surface area contributed by atoms with Gasteiger partial charge in [-0.15, -0.1) is 0 Å². The molecule has 0 bridgehead atoms. The van der Waals surface area contributed by atoms with E-state index < -0.39 is 0 Å². The number of hydrogen-bond donors (Lipinski definition) is 1. The minimum absolute atomic E-state index is 0.179. The average Bonchev–Trinajstić information content (AvgIpc) is 2.57. The molecule has 0 unspecified atom stereocenters. The van der Waals surface area contributed by atoms with E-state index in [-0.39, 0.29) is 11.6 Å². The molecule has 0 saturated heterocycles. The highest BCUT2D eigenvalue weighted by Gasteiger charge is 2.07. The summed E-state index contributed by atoms with van der Waals surface area (Å²) in [6.45, 7) is 2.16. The van der Waals surface area contributed by atoms with Crippen LogP contribution in [0.4, 0.5) is 4.39 Å². The van der Waals surface area contributed by atoms with Crippen LogP contribution in [-0.2, 0) is 6.42 Å². The Morgan fingerprint density at radius 1 is 0.783 bits per heavy atom. The molecule has 0 aliphatic rings. The van der Waals surface area contributed by atoms with E-state index in [0.717, 1.165) is 29.5 Å². The molecule has 3 aromatic carbocycles. The van der Waals surface area contributed by atoms with Crippen LogP contribution in [0.15, 0.2) is 66.7 Å². The highest BCUT2D eigenvalue weighted by atomic mass is 19.1. The second kappa shape index (κ2) is 6.66. The predicted octanol–water partition coefficient (Wildman–Crippen LogP) is 5.82. The number of benzene rings is 3. The fourth-order valence-corrected chi connectivity index (χ4v) is 2.72. The minimum Gasteiger partial charge on any atom is -0.508 e. The summed E-state index contributed by atoms with van der Waals surface area (Å²) in [7, 11) is 0. The van der Waals surface area contributed by atoms with Crippen LogP contribution in [0.25, 0.3) is 22.3 Å². The van der Waals surface area contributed by atoms with Gasteiger partial charge in [0.1, 0.15) is 11.6 Å². The number of rotatable bonds is 4. The van der Waals surface area contributed by atoms with E-state index in [9.17, 15) is 9.50 Å². The van der Waals surface area contributed by atoms with Crippen LogP contribution >= 0.6 is 0 Å². The SMILES string of the molecule is CCCc1ccc(-c2ccc(-c3ccc(O)cc3)c(F)c2)cc1. The van der Waals surface area contributed by atoms with E-state index in [0.29, 0.717) is 5.56 Å². The normalized spacial score (nSPS) is 10.7. The molecule has 116 valence electrons. The van der Waals surface area contributed by atoms with Crippen molar-refractivity contribution in [1.29, 1.82) is 0 Å². The number of phenols is 1. The molecule has 3 aromatic rings. The van der Waals surface area contributed by atoms with Crippen LogP contribution in [-0.4, -0.2) is 5.11 Å². The lowest BCUT2D eigenvalue weighted by Crippen LogP contribution is -1.87. The van der Waals surface area contributed by atoms with Crippen LogP contribution < -0.4 is 0 Å². The highest BCUT2D eigenvalue weighted by Crippen LogP contribution is 2.29. The molecule has 1 nitrogen and oxygen atoms in total. The zero-order valence-electron chi connectivity index (χ0n) is 13.1. The first-order valence-electron chi connectivity index (χ1n) is 7.85. The molecule has 0 aliphatic carbocycles. The second-order valence-corrected chi connectivity index (χ2v) is 5.69. The van der Waals surface area contributed by atoms with E-state index >= 15 is 0 Å². The van der Waals surface area contributed by atoms with Gasteiger partial charge in [0.15, 0.2) is 0 Å². The topological polar surface area (TPSA) is 20.2 Å². The number of halogens is 1. The largest absolute Gasteiger partial charge is 0.508 e. The van der Waals surface area contributed by atoms with Gasteiger partial charge in [0.05, 0.1) is 0 Å². The Morgan fingerprint density at radius 2 is 1.39 bits per heavy atom. The van der Waals surface area contributed by atoms with Crippen molar-refractivity contribution in [3.05, 3.63) is 78.1 Å². The van der Waals surface area contributed by atoms with Crippen LogP contribution in [0.5, 0.6) is 5.75 Å². The van der Waals surface area contributed by atoms with Gasteiger partial charge >= 0.3 is 0 Å². The molecule has 2 heteroatoms. The standard InChI is InChI=1S/C21H19FO/c1-2-3-15-4-6-16(7-5-15)18-10-13-20(21(22)14-18)17-8-11-19(23)12-9-17/h4-14,23H,2-3H2,1H3. The van der Waals surface area contributed by atoms with Gasteiger partial charge in [-0.2, -0.15) is 0 Å². The predicted molar refractivity (Wildman–Crippen MR) is 92.9 cm³/mol. The van der Waals surface area contributed by atoms with Crippen molar-refractivity contribution in [3.8, 4) is 28.0 Å². The van der Waals surface area contributed by atoms with Crippen molar-refractivity contribution >= 4 is 0 Å². The molecule has 0 amide bonds. The van der Waals surface area contributed by atoms with Gasteiger partial charge in [0.2, 0.25) is 0 Å². The van der Waals surface area contributed by atoms with Crippen LogP contribution in [0.2, 0.25) is 0 Å². The Bertz CT molecular complexity index is 789. The fourth-order valence-electron chi connectivity index (χ4n) is 2.72. The maximum Gasteiger partial charge on any atom is 0.131 e. The van der Waals surface area contributed by atoms with Crippen molar-refractivity contribution < 1.29 is 9.50 Å². The van der Waals surface area contributed by atoms with Gasteiger partial charge in [-0.25, -0.2) is 4.39 Å². The van der Waals surface area contributed by atoms with E-state index in [1.165, 1.54) is 5.56 Å². The molecule has 0 saturated carbocycles. The Labute approximate surface area is 136 Å². The van der Waals surface area contributed by atoms with Gasteiger partial charge in [-0.05, 0) is 46.9 Å². The lowest BCUT2D eigenvalue weighted by Gasteiger charge is -2.08. The second-order valence-electron chi connectivity index (χ2n) is 5.69. The minimum atomic E-state index is -0.258. The van der Waals surface area contributed by atoms with Crippen LogP contribution in [0, 0.1) is 5.82 Å². The lowest BCUT2D eigenvalue weighted by atomic mass is 9.98. The van der Waals surface area contributed by atoms with Crippen molar-refractivity contribution in [2.24, 2.45) is 0 Å². The molecular formula is C21H19FO. The van der Waals surface area contributed by atoms with Gasteiger partial charge in [0, 0.05) is 5.56 Å². The first kappa shape index (κ1) is 15.3. The third-order valence-electron chi connectivity index (χ3n) is 3.97. The quantitative estimate of drug-likeness (QED) is 0.644. The van der Waals surface area contributed by atoms with Crippen molar-refractivity contribution in [1.82, 2.24) is 0 Å². The number of hydrogen-bond acceptors (Lipinski definition) is 1. The summed E-state index contributed by atoms with van der Waals surface area (Å²) in [4.78, 5) is 0. The first-order valence-corrected chi connectivity index (χ1v) is 7.85. The van der Waals surface area contributed by atoms with Gasteiger partial charge in [-0.1, -0.05) is 61.9 Å². The van der Waals surface area contributed by atoms with Gasteiger partial charge in [0.25, 0.3) is 0 Å². The van der Waals surface area contributed by atoms with Crippen LogP contribution in [0.3, 0.4) is 0 Å². The monoisotopic (exact) mass is 306 g/mol. The molecular weight excluding hydrogens is 287 g/mol. The van der Waals surface area contributed by atoms with Crippen molar-refractivity contribution in [2.45, 2.75) is 19.8 Å². The molecule has 0 aliphatic heterocycles. The Morgan fingerprint density at radius 3 is 2.00 bits per heavy atom. The number of aromatic hydroxyl groups is 1. The maximum absolute atomic E-state index is 14.5. The Hall–Kier alpha value is -2.61. The smallest absolute Gasteiger partial charge is 0.131 e. The summed E-state index contributed by atoms with van der Waals surface area (Å²) in [6.07, 6.45) is 2.18. The summed E-state index contributed by atoms with van der Waals surface area (Å²) in [6, 6.07) is 20.1. The summed E-state index contributed by atoms with van der Waals surface area (Å²) >= 11 is 0. The molecule has 0 atom stereocenters. The van der Waals surface area contributed by atoms with E-state index in [1.807, 2.05) is 18.2 Å². The average molecular weight is 306 g/mol. The third kappa shape index (κ3) is 3.42. The van der Waals surface area contributed by atoms with E-state index in [2.05, 4.69) is 19.1 Å². The van der Waals surface area contributed by atoms with Crippen molar-refractivity contribution in [3.63, 3.8) is 0 Å². The highest BCUT2D eigenvalue weighted by molar-refractivity contribution is 5.71. The number of aryl methyl sites for hydroxylation is 1. The molecule has 1 N–H and O–H groups in total. The summed E-state index contributed by atoms with van der Waals surface area (Å²) in [5.74, 6) is -0.0798. The Kier molecular flexibility index (Phi) is 4.42. The zero-order chi connectivity index (χ0) is 16.2. The molecule has 3 rings (SSSR count). The third-order valence-corrected chi connectivity index (χ3v) is 3.97. The molecule has 0 radical (unpaired) electrons.